The van der Waals surface area contributed by atoms with E-state index in [-0.39, 0.29) is 0 Å². The summed E-state index contributed by atoms with van der Waals surface area (Å²) < 4.78 is 5.49. The molecule has 0 aromatic rings. The number of guanidine groups is 1. The van der Waals surface area contributed by atoms with Gasteiger partial charge >= 0.3 is 0 Å². The van der Waals surface area contributed by atoms with Crippen molar-refractivity contribution >= 4 is 5.96 Å². The molecule has 1 saturated heterocycles. The van der Waals surface area contributed by atoms with Gasteiger partial charge in [0.25, 0.3) is 0 Å². The summed E-state index contributed by atoms with van der Waals surface area (Å²) in [5.41, 5.74) is 0. The van der Waals surface area contributed by atoms with E-state index in [1.54, 1.807) is 0 Å². The van der Waals surface area contributed by atoms with E-state index in [1.807, 2.05) is 0 Å². The molecule has 2 rings (SSSR count). The van der Waals surface area contributed by atoms with E-state index < -0.39 is 6.10 Å². The minimum atomic E-state index is -0.548. The lowest BCUT2D eigenvalue weighted by Crippen LogP contribution is -2.45. The van der Waals surface area contributed by atoms with Crippen LogP contribution >= 0.6 is 0 Å². The van der Waals surface area contributed by atoms with Gasteiger partial charge in [-0.05, 0) is 32.1 Å². The molecule has 1 aliphatic carbocycles. The zero-order chi connectivity index (χ0) is 18.1. The van der Waals surface area contributed by atoms with Crippen molar-refractivity contribution in [1.29, 1.82) is 0 Å². The number of hydrogen-bond acceptors (Lipinski definition) is 4. The lowest BCUT2D eigenvalue weighted by Gasteiger charge is -2.24. The first kappa shape index (κ1) is 20.5. The molecule has 2 fully saturated rings. The van der Waals surface area contributed by atoms with Crippen LogP contribution in [-0.2, 0) is 4.74 Å². The molecule has 6 heteroatoms. The van der Waals surface area contributed by atoms with Gasteiger partial charge in [-0.15, -0.1) is 0 Å². The lowest BCUT2D eigenvalue weighted by atomic mass is 10.2. The Morgan fingerprint density at radius 1 is 1.24 bits per heavy atom. The van der Waals surface area contributed by atoms with Crippen molar-refractivity contribution in [1.82, 2.24) is 15.5 Å². The molecule has 1 aliphatic heterocycles. The van der Waals surface area contributed by atoms with Crippen LogP contribution in [0, 0.1) is 5.92 Å². The normalized spacial score (nSPS) is 24.2. The van der Waals surface area contributed by atoms with Crippen molar-refractivity contribution in [2.75, 3.05) is 39.4 Å². The van der Waals surface area contributed by atoms with Crippen molar-refractivity contribution < 1.29 is 9.84 Å². The van der Waals surface area contributed by atoms with Crippen molar-refractivity contribution in [2.24, 2.45) is 10.9 Å². The highest BCUT2D eigenvalue weighted by Gasteiger charge is 2.30. The summed E-state index contributed by atoms with van der Waals surface area (Å²) in [4.78, 5) is 7.18. The number of aliphatic hydroxyl groups is 1. The molecule has 0 aromatic carbocycles. The third-order valence-electron chi connectivity index (χ3n) is 4.97. The van der Waals surface area contributed by atoms with E-state index in [1.165, 1.54) is 38.6 Å². The molecule has 25 heavy (non-hydrogen) atoms. The van der Waals surface area contributed by atoms with Gasteiger partial charge in [0.2, 0.25) is 0 Å². The van der Waals surface area contributed by atoms with Gasteiger partial charge in [-0.25, -0.2) is 0 Å². The summed E-state index contributed by atoms with van der Waals surface area (Å²) >= 11 is 0. The van der Waals surface area contributed by atoms with Crippen LogP contribution in [-0.4, -0.2) is 73.5 Å². The molecule has 0 amide bonds. The molecule has 1 heterocycles. The maximum absolute atomic E-state index is 10.0. The third-order valence-corrected chi connectivity index (χ3v) is 4.97. The standard InChI is InChI=1S/C19H38N4O2/c1-4-20-19(21-11-18(24)14-25-13-15(2)3)22-16-9-10-23(12-16)17-7-5-6-8-17/h15-18,24H,4-14H2,1-3H3,(H2,20,21,22). The van der Waals surface area contributed by atoms with Gasteiger partial charge in [-0.3, -0.25) is 9.89 Å². The first-order valence-corrected chi connectivity index (χ1v) is 10.1. The van der Waals surface area contributed by atoms with Crippen molar-refractivity contribution in [2.45, 2.75) is 71.1 Å². The van der Waals surface area contributed by atoms with Crippen molar-refractivity contribution in [3.05, 3.63) is 0 Å². The zero-order valence-electron chi connectivity index (χ0n) is 16.3. The first-order chi connectivity index (χ1) is 12.1. The summed E-state index contributed by atoms with van der Waals surface area (Å²) in [5.74, 6) is 1.29. The molecule has 0 bridgehead atoms. The fourth-order valence-corrected chi connectivity index (χ4v) is 3.71. The molecule has 2 atom stereocenters. The molecule has 6 nitrogen and oxygen atoms in total. The highest BCUT2D eigenvalue weighted by molar-refractivity contribution is 5.80. The maximum Gasteiger partial charge on any atom is 0.191 e. The number of hydrogen-bond donors (Lipinski definition) is 3. The second kappa shape index (κ2) is 11.0. The van der Waals surface area contributed by atoms with Gasteiger partial charge in [0, 0.05) is 38.3 Å². The Morgan fingerprint density at radius 3 is 2.68 bits per heavy atom. The minimum Gasteiger partial charge on any atom is -0.389 e. The second-order valence-corrected chi connectivity index (χ2v) is 7.87. The summed E-state index contributed by atoms with van der Waals surface area (Å²) in [7, 11) is 0. The average Bonchev–Trinajstić information content (AvgIpc) is 3.23. The molecule has 2 unspecified atom stereocenters. The summed E-state index contributed by atoms with van der Waals surface area (Å²) in [6.45, 7) is 10.8. The van der Waals surface area contributed by atoms with Crippen LogP contribution in [0.5, 0.6) is 0 Å². The Hall–Kier alpha value is -0.850. The SMILES string of the molecule is CCNC(=NCC(O)COCC(C)C)NC1CCN(C2CCCC2)C1. The number of aliphatic imine (C=N–C) groups is 1. The van der Waals surface area contributed by atoms with E-state index in [0.717, 1.165) is 25.1 Å². The maximum atomic E-state index is 10.0. The van der Waals surface area contributed by atoms with E-state index in [4.69, 9.17) is 4.74 Å². The topological polar surface area (TPSA) is 69.1 Å². The number of rotatable bonds is 9. The van der Waals surface area contributed by atoms with Gasteiger partial charge in [0.05, 0.1) is 19.3 Å². The molecular formula is C19H38N4O2. The molecule has 3 N–H and O–H groups in total. The van der Waals surface area contributed by atoms with Gasteiger partial charge in [-0.2, -0.15) is 0 Å². The fourth-order valence-electron chi connectivity index (χ4n) is 3.71. The first-order valence-electron chi connectivity index (χ1n) is 10.1. The zero-order valence-corrected chi connectivity index (χ0v) is 16.3. The van der Waals surface area contributed by atoms with Crippen LogP contribution in [0.4, 0.5) is 0 Å². The van der Waals surface area contributed by atoms with Crippen LogP contribution in [0.3, 0.4) is 0 Å². The smallest absolute Gasteiger partial charge is 0.191 e. The van der Waals surface area contributed by atoms with Gasteiger partial charge in [0.1, 0.15) is 0 Å². The van der Waals surface area contributed by atoms with E-state index in [2.05, 4.69) is 41.3 Å². The Morgan fingerprint density at radius 2 is 2.00 bits per heavy atom. The molecule has 0 aromatic heterocycles. The van der Waals surface area contributed by atoms with Crippen molar-refractivity contribution in [3.8, 4) is 0 Å². The lowest BCUT2D eigenvalue weighted by molar-refractivity contribution is 0.0301. The van der Waals surface area contributed by atoms with E-state index >= 15 is 0 Å². The minimum absolute atomic E-state index is 0.347. The van der Waals surface area contributed by atoms with E-state index in [9.17, 15) is 5.11 Å². The van der Waals surface area contributed by atoms with Crippen LogP contribution in [0.15, 0.2) is 4.99 Å². The van der Waals surface area contributed by atoms with Gasteiger partial charge < -0.3 is 20.5 Å². The third kappa shape index (κ3) is 7.50. The molecule has 2 aliphatic rings. The van der Waals surface area contributed by atoms with Crippen LogP contribution in [0.1, 0.15) is 52.9 Å². The predicted molar refractivity (Wildman–Crippen MR) is 103 cm³/mol. The Kier molecular flexibility index (Phi) is 8.99. The predicted octanol–water partition coefficient (Wildman–Crippen LogP) is 1.59. The van der Waals surface area contributed by atoms with Crippen LogP contribution < -0.4 is 10.6 Å². The van der Waals surface area contributed by atoms with Gasteiger partial charge in [-0.1, -0.05) is 26.7 Å². The monoisotopic (exact) mass is 354 g/mol. The molecule has 0 radical (unpaired) electrons. The number of nitrogens with one attached hydrogen (secondary N) is 2. The van der Waals surface area contributed by atoms with Crippen LogP contribution in [0.2, 0.25) is 0 Å². The molecule has 146 valence electrons. The summed E-state index contributed by atoms with van der Waals surface area (Å²) in [6.07, 6.45) is 6.13. The van der Waals surface area contributed by atoms with E-state index in [0.29, 0.717) is 31.7 Å². The summed E-state index contributed by atoms with van der Waals surface area (Å²) in [6, 6.07) is 1.25. The number of aliphatic hydroxyl groups excluding tert-OH is 1. The molecular weight excluding hydrogens is 316 g/mol. The number of ether oxygens (including phenoxy) is 1. The highest BCUT2D eigenvalue weighted by Crippen LogP contribution is 2.26. The van der Waals surface area contributed by atoms with Crippen LogP contribution in [0.25, 0.3) is 0 Å². The summed E-state index contributed by atoms with van der Waals surface area (Å²) in [5, 5.41) is 16.9. The largest absolute Gasteiger partial charge is 0.389 e. The second-order valence-electron chi connectivity index (χ2n) is 7.87. The molecule has 0 spiro atoms. The average molecular weight is 355 g/mol. The quantitative estimate of drug-likeness (QED) is 0.433. The molecule has 1 saturated carbocycles. The number of nitrogens with zero attached hydrogens (tertiary/aromatic N) is 2. The fraction of sp³-hybridized carbons (Fsp3) is 0.947. The highest BCUT2D eigenvalue weighted by atomic mass is 16.5. The Bertz CT molecular complexity index is 397. The Balaban J connectivity index is 1.73. The van der Waals surface area contributed by atoms with Gasteiger partial charge in [0.15, 0.2) is 5.96 Å². The number of likely N-dealkylation sites (tertiary alicyclic amines) is 1. The van der Waals surface area contributed by atoms with Crippen molar-refractivity contribution in [3.63, 3.8) is 0 Å². The Labute approximate surface area is 153 Å².